The van der Waals surface area contributed by atoms with Crippen LogP contribution in [0.2, 0.25) is 0 Å². The summed E-state index contributed by atoms with van der Waals surface area (Å²) in [7, 11) is 0. The lowest BCUT2D eigenvalue weighted by Crippen LogP contribution is -2.46. The predicted octanol–water partition coefficient (Wildman–Crippen LogP) is 3.18. The van der Waals surface area contributed by atoms with Gasteiger partial charge in [0.2, 0.25) is 0 Å². The molecule has 1 N–H and O–H groups in total. The lowest BCUT2D eigenvalue weighted by atomic mass is 10.0. The third kappa shape index (κ3) is 3.38. The van der Waals surface area contributed by atoms with E-state index in [9.17, 15) is 5.11 Å². The van der Waals surface area contributed by atoms with Crippen molar-refractivity contribution in [3.8, 4) is 0 Å². The van der Waals surface area contributed by atoms with Gasteiger partial charge in [-0.2, -0.15) is 0 Å². The minimum absolute atomic E-state index is 0.178. The molecule has 1 aliphatic heterocycles. The number of benzene rings is 2. The second-order valence-corrected chi connectivity index (χ2v) is 5.85. The van der Waals surface area contributed by atoms with Gasteiger partial charge in [-0.3, -0.25) is 4.90 Å². The zero-order valence-corrected chi connectivity index (χ0v) is 12.9. The van der Waals surface area contributed by atoms with Crippen molar-refractivity contribution in [1.29, 1.82) is 0 Å². The molecule has 3 heteroatoms. The van der Waals surface area contributed by atoms with Gasteiger partial charge in [-0.05, 0) is 18.1 Å². The smallest absolute Gasteiger partial charge is 0.106 e. The van der Waals surface area contributed by atoms with E-state index in [1.807, 2.05) is 36.4 Å². The van der Waals surface area contributed by atoms with Gasteiger partial charge in [0.05, 0.1) is 6.61 Å². The summed E-state index contributed by atoms with van der Waals surface area (Å²) in [5.41, 5.74) is 2.22. The van der Waals surface area contributed by atoms with Crippen LogP contribution in [0.3, 0.4) is 0 Å². The van der Waals surface area contributed by atoms with Crippen molar-refractivity contribution in [3.05, 3.63) is 71.8 Å². The van der Waals surface area contributed by atoms with Crippen molar-refractivity contribution in [3.63, 3.8) is 0 Å². The first-order valence-corrected chi connectivity index (χ1v) is 7.89. The van der Waals surface area contributed by atoms with Gasteiger partial charge in [0.25, 0.3) is 0 Å². The number of nitrogens with zero attached hydrogens (tertiary/aromatic N) is 1. The molecule has 3 atom stereocenters. The molecular weight excluding hydrogens is 274 g/mol. The van der Waals surface area contributed by atoms with Crippen LogP contribution >= 0.6 is 0 Å². The minimum atomic E-state index is -0.577. The molecule has 0 radical (unpaired) electrons. The highest BCUT2D eigenvalue weighted by atomic mass is 16.5. The van der Waals surface area contributed by atoms with Crippen molar-refractivity contribution >= 4 is 0 Å². The summed E-state index contributed by atoms with van der Waals surface area (Å²) in [4.78, 5) is 2.38. The van der Waals surface area contributed by atoms with Gasteiger partial charge >= 0.3 is 0 Å². The van der Waals surface area contributed by atoms with Gasteiger partial charge in [0.15, 0.2) is 0 Å². The first-order valence-electron chi connectivity index (χ1n) is 7.89. The van der Waals surface area contributed by atoms with Crippen molar-refractivity contribution < 1.29 is 9.84 Å². The summed E-state index contributed by atoms with van der Waals surface area (Å²) < 4.78 is 5.82. The number of rotatable bonds is 4. The van der Waals surface area contributed by atoms with E-state index in [0.29, 0.717) is 12.6 Å². The zero-order chi connectivity index (χ0) is 15.4. The topological polar surface area (TPSA) is 32.7 Å². The maximum absolute atomic E-state index is 10.6. The number of hydrogen-bond donors (Lipinski definition) is 1. The Morgan fingerprint density at radius 2 is 1.59 bits per heavy atom. The van der Waals surface area contributed by atoms with Gasteiger partial charge in [-0.15, -0.1) is 0 Å². The zero-order valence-electron chi connectivity index (χ0n) is 12.9. The van der Waals surface area contributed by atoms with Crippen molar-refractivity contribution in [1.82, 2.24) is 4.90 Å². The number of aliphatic hydroxyl groups is 1. The van der Waals surface area contributed by atoms with Gasteiger partial charge in [0, 0.05) is 19.1 Å². The van der Waals surface area contributed by atoms with E-state index in [0.717, 1.165) is 18.7 Å². The third-order valence-corrected chi connectivity index (χ3v) is 4.45. The first kappa shape index (κ1) is 15.2. The maximum Gasteiger partial charge on any atom is 0.106 e. The SMILES string of the molecule is C[C@H](c1ccccc1)N1CCO[C@@H]([C@H](O)c2ccccc2)C1. The Hall–Kier alpha value is -1.68. The lowest BCUT2D eigenvalue weighted by Gasteiger charge is -2.38. The Balaban J connectivity index is 1.69. The molecule has 0 unspecified atom stereocenters. The standard InChI is InChI=1S/C19H23NO2/c1-15(16-8-4-2-5-9-16)20-12-13-22-18(14-20)19(21)17-10-6-3-7-11-17/h2-11,15,18-19,21H,12-14H2,1H3/t15-,18-,19-/m1/s1. The molecule has 1 saturated heterocycles. The molecule has 0 aromatic heterocycles. The average molecular weight is 297 g/mol. The Kier molecular flexibility index (Phi) is 4.88. The molecule has 1 fully saturated rings. The fourth-order valence-electron chi connectivity index (χ4n) is 3.05. The Bertz CT molecular complexity index is 521. The minimum Gasteiger partial charge on any atom is -0.386 e. The van der Waals surface area contributed by atoms with Crippen LogP contribution in [-0.2, 0) is 4.74 Å². The highest BCUT2D eigenvalue weighted by Crippen LogP contribution is 2.27. The van der Waals surface area contributed by atoms with Gasteiger partial charge < -0.3 is 9.84 Å². The third-order valence-electron chi connectivity index (χ3n) is 4.45. The number of morpholine rings is 1. The van der Waals surface area contributed by atoms with E-state index in [2.05, 4.69) is 36.1 Å². The fraction of sp³-hybridized carbons (Fsp3) is 0.368. The maximum atomic E-state index is 10.6. The second-order valence-electron chi connectivity index (χ2n) is 5.85. The summed E-state index contributed by atoms with van der Waals surface area (Å²) >= 11 is 0. The van der Waals surface area contributed by atoms with Crippen molar-refractivity contribution in [2.24, 2.45) is 0 Å². The molecule has 0 spiro atoms. The van der Waals surface area contributed by atoms with Crippen molar-refractivity contribution in [2.75, 3.05) is 19.7 Å². The molecule has 2 aromatic rings. The van der Waals surface area contributed by atoms with E-state index in [1.165, 1.54) is 5.56 Å². The molecule has 3 nitrogen and oxygen atoms in total. The van der Waals surface area contributed by atoms with Gasteiger partial charge in [0.1, 0.15) is 12.2 Å². The molecule has 0 amide bonds. The van der Waals surface area contributed by atoms with Gasteiger partial charge in [-0.1, -0.05) is 60.7 Å². The molecule has 1 aliphatic rings. The van der Waals surface area contributed by atoms with Crippen LogP contribution in [0.25, 0.3) is 0 Å². The number of hydrogen-bond acceptors (Lipinski definition) is 3. The summed E-state index contributed by atoms with van der Waals surface area (Å²) in [6.45, 7) is 4.51. The highest BCUT2D eigenvalue weighted by molar-refractivity contribution is 5.20. The molecule has 0 aliphatic carbocycles. The van der Waals surface area contributed by atoms with Crippen LogP contribution in [0.15, 0.2) is 60.7 Å². The molecule has 3 rings (SSSR count). The Morgan fingerprint density at radius 1 is 1.00 bits per heavy atom. The van der Waals surface area contributed by atoms with E-state index in [-0.39, 0.29) is 6.10 Å². The van der Waals surface area contributed by atoms with Crippen LogP contribution < -0.4 is 0 Å². The highest BCUT2D eigenvalue weighted by Gasteiger charge is 2.30. The van der Waals surface area contributed by atoms with Gasteiger partial charge in [-0.25, -0.2) is 0 Å². The molecule has 116 valence electrons. The second kappa shape index (κ2) is 7.05. The molecule has 0 saturated carbocycles. The quantitative estimate of drug-likeness (QED) is 0.941. The van der Waals surface area contributed by atoms with Crippen LogP contribution in [0.1, 0.15) is 30.2 Å². The van der Waals surface area contributed by atoms with E-state index in [4.69, 9.17) is 4.74 Å². The average Bonchev–Trinajstić information content (AvgIpc) is 2.62. The summed E-state index contributed by atoms with van der Waals surface area (Å²) in [5.74, 6) is 0. The molecule has 22 heavy (non-hydrogen) atoms. The normalized spacial score (nSPS) is 22.2. The Labute approximate surface area is 132 Å². The molecular formula is C19H23NO2. The van der Waals surface area contributed by atoms with Crippen LogP contribution in [0.5, 0.6) is 0 Å². The monoisotopic (exact) mass is 297 g/mol. The Morgan fingerprint density at radius 3 is 2.23 bits per heavy atom. The van der Waals surface area contributed by atoms with E-state index < -0.39 is 6.10 Å². The number of aliphatic hydroxyl groups excluding tert-OH is 1. The molecule has 1 heterocycles. The predicted molar refractivity (Wildman–Crippen MR) is 87.6 cm³/mol. The van der Waals surface area contributed by atoms with E-state index >= 15 is 0 Å². The molecule has 0 bridgehead atoms. The van der Waals surface area contributed by atoms with Crippen LogP contribution in [-0.4, -0.2) is 35.8 Å². The first-order chi connectivity index (χ1) is 10.8. The summed E-state index contributed by atoms with van der Waals surface area (Å²) in [6, 6.07) is 20.6. The van der Waals surface area contributed by atoms with Crippen molar-refractivity contribution in [2.45, 2.75) is 25.2 Å². The van der Waals surface area contributed by atoms with Crippen LogP contribution in [0.4, 0.5) is 0 Å². The van der Waals surface area contributed by atoms with Crippen LogP contribution in [0, 0.1) is 0 Å². The fourth-order valence-corrected chi connectivity index (χ4v) is 3.05. The number of ether oxygens (including phenoxy) is 1. The summed E-state index contributed by atoms with van der Waals surface area (Å²) in [6.07, 6.45) is -0.755. The lowest BCUT2D eigenvalue weighted by molar-refractivity contribution is -0.0980. The van der Waals surface area contributed by atoms with E-state index in [1.54, 1.807) is 0 Å². The molecule has 2 aromatic carbocycles. The largest absolute Gasteiger partial charge is 0.386 e. The summed E-state index contributed by atoms with van der Waals surface area (Å²) in [5, 5.41) is 10.6.